The van der Waals surface area contributed by atoms with Crippen LogP contribution in [0.1, 0.15) is 6.92 Å². The van der Waals surface area contributed by atoms with Crippen molar-refractivity contribution in [3.05, 3.63) is 54.6 Å². The fraction of sp³-hybridized carbons (Fsp3) is 0.278. The van der Waals surface area contributed by atoms with Gasteiger partial charge in [0.15, 0.2) is 6.10 Å². The van der Waals surface area contributed by atoms with Crippen LogP contribution < -0.4 is 14.8 Å². The summed E-state index contributed by atoms with van der Waals surface area (Å²) < 4.78 is 22.7. The number of carbonyl (C=O) groups is 1. The molecule has 6 heteroatoms. The summed E-state index contributed by atoms with van der Waals surface area (Å²) in [6.45, 7) is 2.00. The van der Waals surface area contributed by atoms with Crippen LogP contribution in [0.25, 0.3) is 0 Å². The summed E-state index contributed by atoms with van der Waals surface area (Å²) in [4.78, 5) is 12.8. The lowest BCUT2D eigenvalue weighted by Gasteiger charge is -2.15. The Morgan fingerprint density at radius 1 is 1.08 bits per heavy atom. The van der Waals surface area contributed by atoms with Gasteiger partial charge in [0.2, 0.25) is 0 Å². The second-order valence-corrected chi connectivity index (χ2v) is 6.66. The molecule has 0 aliphatic heterocycles. The molecule has 5 nitrogen and oxygen atoms in total. The van der Waals surface area contributed by atoms with Gasteiger partial charge in [-0.3, -0.25) is 9.00 Å². The summed E-state index contributed by atoms with van der Waals surface area (Å²) in [7, 11) is 0.464. The maximum atomic E-state index is 12.1. The Hall–Kier alpha value is -2.34. The Bertz CT molecular complexity index is 673. The zero-order valence-corrected chi connectivity index (χ0v) is 14.5. The number of methoxy groups -OCH3 is 1. The van der Waals surface area contributed by atoms with E-state index in [2.05, 4.69) is 5.32 Å². The van der Waals surface area contributed by atoms with Gasteiger partial charge in [-0.2, -0.15) is 0 Å². The lowest BCUT2D eigenvalue weighted by molar-refractivity contribution is -0.127. The van der Waals surface area contributed by atoms with Gasteiger partial charge in [-0.05, 0) is 43.3 Å². The monoisotopic (exact) mass is 347 g/mol. The average molecular weight is 347 g/mol. The Balaban J connectivity index is 1.76. The molecule has 0 saturated carbocycles. The van der Waals surface area contributed by atoms with Crippen molar-refractivity contribution in [2.24, 2.45) is 0 Å². The molecule has 128 valence electrons. The van der Waals surface area contributed by atoms with E-state index in [-0.39, 0.29) is 5.91 Å². The fourth-order valence-electron chi connectivity index (χ4n) is 2.01. The minimum atomic E-state index is -1.12. The molecule has 2 aromatic carbocycles. The lowest BCUT2D eigenvalue weighted by atomic mass is 10.3. The van der Waals surface area contributed by atoms with Gasteiger partial charge in [0.25, 0.3) is 5.91 Å². The van der Waals surface area contributed by atoms with E-state index in [1.165, 1.54) is 0 Å². The van der Waals surface area contributed by atoms with Crippen molar-refractivity contribution in [2.75, 3.05) is 19.4 Å². The first kappa shape index (κ1) is 18.0. The molecule has 0 aliphatic carbocycles. The molecule has 2 unspecified atom stereocenters. The first-order chi connectivity index (χ1) is 11.6. The number of hydrogen-bond acceptors (Lipinski definition) is 4. The Kier molecular flexibility index (Phi) is 6.81. The number of amides is 1. The van der Waals surface area contributed by atoms with Crippen LogP contribution in [0.4, 0.5) is 0 Å². The highest BCUT2D eigenvalue weighted by Gasteiger charge is 2.14. The van der Waals surface area contributed by atoms with Gasteiger partial charge in [-0.1, -0.05) is 18.2 Å². The molecule has 0 aliphatic rings. The second-order valence-electron chi connectivity index (χ2n) is 5.09. The van der Waals surface area contributed by atoms with Gasteiger partial charge < -0.3 is 14.8 Å². The number of ether oxygens (including phenoxy) is 2. The lowest BCUT2D eigenvalue weighted by Crippen LogP contribution is -2.38. The smallest absolute Gasteiger partial charge is 0.260 e. The number of nitrogens with one attached hydrogen (secondary N) is 1. The number of benzene rings is 2. The van der Waals surface area contributed by atoms with Crippen LogP contribution in [0.3, 0.4) is 0 Å². The third kappa shape index (κ3) is 5.38. The maximum absolute atomic E-state index is 12.1. The van der Waals surface area contributed by atoms with E-state index in [1.807, 2.05) is 30.3 Å². The summed E-state index contributed by atoms with van der Waals surface area (Å²) >= 11 is 0. The van der Waals surface area contributed by atoms with Crippen LogP contribution in [0.5, 0.6) is 11.5 Å². The topological polar surface area (TPSA) is 64.6 Å². The highest BCUT2D eigenvalue weighted by molar-refractivity contribution is 7.85. The van der Waals surface area contributed by atoms with E-state index in [4.69, 9.17) is 9.47 Å². The minimum Gasteiger partial charge on any atom is -0.497 e. The molecule has 0 heterocycles. The van der Waals surface area contributed by atoms with Crippen molar-refractivity contribution in [3.8, 4) is 11.5 Å². The predicted octanol–water partition coefficient (Wildman–Crippen LogP) is 2.39. The van der Waals surface area contributed by atoms with E-state index in [1.54, 1.807) is 38.3 Å². The molecule has 1 N–H and O–H groups in total. The molecule has 0 aromatic heterocycles. The summed E-state index contributed by atoms with van der Waals surface area (Å²) in [5, 5.41) is 2.74. The third-order valence-corrected chi connectivity index (χ3v) is 4.71. The maximum Gasteiger partial charge on any atom is 0.260 e. The second kappa shape index (κ2) is 9.08. The summed E-state index contributed by atoms with van der Waals surface area (Å²) in [6, 6.07) is 16.2. The first-order valence-corrected chi connectivity index (χ1v) is 8.94. The highest BCUT2D eigenvalue weighted by Crippen LogP contribution is 2.18. The highest BCUT2D eigenvalue weighted by atomic mass is 32.2. The molecule has 24 heavy (non-hydrogen) atoms. The van der Waals surface area contributed by atoms with Gasteiger partial charge in [0.05, 0.1) is 17.9 Å². The molecule has 2 rings (SSSR count). The molecule has 0 spiro atoms. The zero-order valence-electron chi connectivity index (χ0n) is 13.7. The molecule has 2 aromatic rings. The van der Waals surface area contributed by atoms with Crippen molar-refractivity contribution >= 4 is 16.7 Å². The average Bonchev–Trinajstić information content (AvgIpc) is 2.62. The van der Waals surface area contributed by atoms with E-state index in [0.717, 1.165) is 10.6 Å². The van der Waals surface area contributed by atoms with Crippen molar-refractivity contribution in [1.82, 2.24) is 5.32 Å². The van der Waals surface area contributed by atoms with Gasteiger partial charge in [-0.15, -0.1) is 0 Å². The fourth-order valence-corrected chi connectivity index (χ4v) is 3.00. The summed E-state index contributed by atoms with van der Waals surface area (Å²) in [5.41, 5.74) is 0. The minimum absolute atomic E-state index is 0.240. The molecule has 0 bridgehead atoms. The van der Waals surface area contributed by atoms with Crippen LogP contribution in [0, 0.1) is 0 Å². The Morgan fingerprint density at radius 2 is 1.71 bits per heavy atom. The van der Waals surface area contributed by atoms with Crippen LogP contribution in [0.15, 0.2) is 59.5 Å². The largest absolute Gasteiger partial charge is 0.497 e. The quantitative estimate of drug-likeness (QED) is 0.796. The molecule has 0 fully saturated rings. The van der Waals surface area contributed by atoms with E-state index < -0.39 is 16.9 Å². The van der Waals surface area contributed by atoms with Crippen LogP contribution in [-0.4, -0.2) is 35.6 Å². The van der Waals surface area contributed by atoms with Gasteiger partial charge in [-0.25, -0.2) is 0 Å². The van der Waals surface area contributed by atoms with E-state index >= 15 is 0 Å². The third-order valence-electron chi connectivity index (χ3n) is 3.33. The standard InChI is InChI=1S/C18H21NO4S/c1-14(23-16-10-8-15(22-2)9-11-16)18(20)19-12-13-24(21)17-6-4-3-5-7-17/h3-11,14H,12-13H2,1-2H3,(H,19,20). The number of carbonyl (C=O) groups excluding carboxylic acids is 1. The molecular formula is C18H21NO4S. The molecular weight excluding hydrogens is 326 g/mol. The summed E-state index contributed by atoms with van der Waals surface area (Å²) in [6.07, 6.45) is -0.636. The predicted molar refractivity (Wildman–Crippen MR) is 93.8 cm³/mol. The molecule has 1 amide bonds. The normalized spacial score (nSPS) is 12.9. The van der Waals surface area contributed by atoms with Crippen molar-refractivity contribution in [1.29, 1.82) is 0 Å². The van der Waals surface area contributed by atoms with E-state index in [0.29, 0.717) is 18.0 Å². The van der Waals surface area contributed by atoms with Gasteiger partial charge >= 0.3 is 0 Å². The molecule has 2 atom stereocenters. The van der Waals surface area contributed by atoms with Crippen LogP contribution >= 0.6 is 0 Å². The van der Waals surface area contributed by atoms with Crippen molar-refractivity contribution in [3.63, 3.8) is 0 Å². The number of rotatable bonds is 8. The van der Waals surface area contributed by atoms with E-state index in [9.17, 15) is 9.00 Å². The van der Waals surface area contributed by atoms with Crippen LogP contribution in [0.2, 0.25) is 0 Å². The summed E-state index contributed by atoms with van der Waals surface area (Å²) in [5.74, 6) is 1.44. The van der Waals surface area contributed by atoms with Crippen LogP contribution in [-0.2, 0) is 15.6 Å². The zero-order chi connectivity index (χ0) is 17.4. The Morgan fingerprint density at radius 3 is 2.33 bits per heavy atom. The number of hydrogen-bond donors (Lipinski definition) is 1. The van der Waals surface area contributed by atoms with Gasteiger partial charge in [0, 0.05) is 17.2 Å². The Labute approximate surface area is 144 Å². The first-order valence-electron chi connectivity index (χ1n) is 7.62. The SMILES string of the molecule is COc1ccc(OC(C)C(=O)NCCS(=O)c2ccccc2)cc1. The van der Waals surface area contributed by atoms with Gasteiger partial charge in [0.1, 0.15) is 11.5 Å². The molecule has 0 radical (unpaired) electrons. The van der Waals surface area contributed by atoms with Crippen molar-refractivity contribution in [2.45, 2.75) is 17.9 Å². The van der Waals surface area contributed by atoms with Crippen molar-refractivity contribution < 1.29 is 18.5 Å². The molecule has 0 saturated heterocycles.